The number of nitrogens with zero attached hydrogens (tertiary/aromatic N) is 1. The highest BCUT2D eigenvalue weighted by atomic mass is 32.2. The number of nitrogen functional groups attached to an aromatic ring is 1. The van der Waals surface area contributed by atoms with Gasteiger partial charge in [-0.05, 0) is 25.1 Å². The van der Waals surface area contributed by atoms with Gasteiger partial charge in [-0.2, -0.15) is 0 Å². The molecule has 0 saturated heterocycles. The van der Waals surface area contributed by atoms with E-state index < -0.39 is 32.2 Å². The summed E-state index contributed by atoms with van der Waals surface area (Å²) in [4.78, 5) is 3.18. The first kappa shape index (κ1) is 14.2. The molecule has 1 aromatic heterocycles. The van der Waals surface area contributed by atoms with Gasteiger partial charge in [0.05, 0.1) is 17.6 Å². The summed E-state index contributed by atoms with van der Waals surface area (Å²) in [6.45, 7) is 1.73. The molecule has 0 aliphatic heterocycles. The van der Waals surface area contributed by atoms with Gasteiger partial charge in [-0.3, -0.25) is 9.71 Å². The van der Waals surface area contributed by atoms with Gasteiger partial charge in [-0.15, -0.1) is 0 Å². The van der Waals surface area contributed by atoms with Crippen molar-refractivity contribution in [2.45, 2.75) is 11.8 Å². The molecule has 0 aliphatic rings. The maximum atomic E-state index is 13.6. The van der Waals surface area contributed by atoms with Crippen molar-refractivity contribution in [2.24, 2.45) is 0 Å². The molecule has 20 heavy (non-hydrogen) atoms. The zero-order chi connectivity index (χ0) is 14.9. The molecule has 0 radical (unpaired) electrons. The van der Waals surface area contributed by atoms with E-state index in [2.05, 4.69) is 9.71 Å². The van der Waals surface area contributed by atoms with Crippen LogP contribution >= 0.6 is 0 Å². The van der Waals surface area contributed by atoms with Crippen molar-refractivity contribution in [1.82, 2.24) is 4.98 Å². The van der Waals surface area contributed by atoms with Gasteiger partial charge in [0.25, 0.3) is 10.0 Å². The van der Waals surface area contributed by atoms with Crippen molar-refractivity contribution in [3.8, 4) is 0 Å². The molecular weight excluding hydrogens is 288 g/mol. The van der Waals surface area contributed by atoms with Crippen molar-refractivity contribution in [3.05, 3.63) is 47.8 Å². The fourth-order valence-electron chi connectivity index (χ4n) is 1.49. The van der Waals surface area contributed by atoms with Crippen molar-refractivity contribution in [3.63, 3.8) is 0 Å². The Balaban J connectivity index is 2.40. The first-order chi connectivity index (χ1) is 9.29. The van der Waals surface area contributed by atoms with Crippen LogP contribution < -0.4 is 10.5 Å². The van der Waals surface area contributed by atoms with E-state index in [0.29, 0.717) is 11.8 Å². The molecule has 106 valence electrons. The highest BCUT2D eigenvalue weighted by Gasteiger charge is 2.21. The van der Waals surface area contributed by atoms with E-state index in [9.17, 15) is 17.2 Å². The van der Waals surface area contributed by atoms with Gasteiger partial charge < -0.3 is 5.73 Å². The SMILES string of the molecule is Cc1ccc(NS(=O)(=O)c2cc(N)c(F)cc2F)cn1. The molecular formula is C12H11F2N3O2S. The predicted molar refractivity (Wildman–Crippen MR) is 70.6 cm³/mol. The number of rotatable bonds is 3. The third kappa shape index (κ3) is 2.85. The van der Waals surface area contributed by atoms with E-state index in [1.807, 2.05) is 0 Å². The van der Waals surface area contributed by atoms with Gasteiger partial charge in [0.1, 0.15) is 16.5 Å². The van der Waals surface area contributed by atoms with E-state index >= 15 is 0 Å². The maximum Gasteiger partial charge on any atom is 0.264 e. The van der Waals surface area contributed by atoms with Crippen LogP contribution in [0, 0.1) is 18.6 Å². The zero-order valence-electron chi connectivity index (χ0n) is 10.4. The van der Waals surface area contributed by atoms with Gasteiger partial charge in [0.15, 0.2) is 0 Å². The summed E-state index contributed by atoms with van der Waals surface area (Å²) in [5, 5.41) is 0. The Morgan fingerprint density at radius 3 is 2.50 bits per heavy atom. The highest BCUT2D eigenvalue weighted by Crippen LogP contribution is 2.23. The third-order valence-corrected chi connectivity index (χ3v) is 3.90. The maximum absolute atomic E-state index is 13.6. The molecule has 0 unspecified atom stereocenters. The Labute approximate surface area is 114 Å². The number of aryl methyl sites for hydroxylation is 1. The average molecular weight is 299 g/mol. The predicted octanol–water partition coefficient (Wildman–Crippen LogP) is 2.05. The minimum atomic E-state index is -4.21. The fraction of sp³-hybridized carbons (Fsp3) is 0.0833. The number of anilines is 2. The lowest BCUT2D eigenvalue weighted by molar-refractivity contribution is 0.553. The lowest BCUT2D eigenvalue weighted by atomic mass is 10.3. The van der Waals surface area contributed by atoms with Crippen LogP contribution in [-0.4, -0.2) is 13.4 Å². The Morgan fingerprint density at radius 1 is 1.20 bits per heavy atom. The summed E-state index contributed by atoms with van der Waals surface area (Å²) in [5.74, 6) is -2.23. The molecule has 0 atom stereocenters. The fourth-order valence-corrected chi connectivity index (χ4v) is 2.63. The Morgan fingerprint density at radius 2 is 1.90 bits per heavy atom. The summed E-state index contributed by atoms with van der Waals surface area (Å²) in [6.07, 6.45) is 1.29. The number of nitrogens with one attached hydrogen (secondary N) is 1. The zero-order valence-corrected chi connectivity index (χ0v) is 11.2. The van der Waals surface area contributed by atoms with Crippen LogP contribution in [0.15, 0.2) is 35.4 Å². The van der Waals surface area contributed by atoms with E-state index in [1.165, 1.54) is 12.3 Å². The number of hydrogen-bond acceptors (Lipinski definition) is 4. The van der Waals surface area contributed by atoms with Gasteiger partial charge in [-0.1, -0.05) is 0 Å². The number of benzene rings is 1. The lowest BCUT2D eigenvalue weighted by Crippen LogP contribution is -2.15. The number of aromatic nitrogens is 1. The molecule has 0 spiro atoms. The van der Waals surface area contributed by atoms with Crippen LogP contribution in [0.25, 0.3) is 0 Å². The molecule has 2 rings (SSSR count). The van der Waals surface area contributed by atoms with E-state index in [-0.39, 0.29) is 5.69 Å². The molecule has 0 fully saturated rings. The van der Waals surface area contributed by atoms with Crippen LogP contribution in [0.5, 0.6) is 0 Å². The minimum absolute atomic E-state index is 0.165. The molecule has 1 aromatic carbocycles. The largest absolute Gasteiger partial charge is 0.396 e. The monoisotopic (exact) mass is 299 g/mol. The van der Waals surface area contributed by atoms with Crippen molar-refractivity contribution in [1.29, 1.82) is 0 Å². The van der Waals surface area contributed by atoms with Crippen molar-refractivity contribution >= 4 is 21.4 Å². The molecule has 1 heterocycles. The van der Waals surface area contributed by atoms with Gasteiger partial charge in [0.2, 0.25) is 0 Å². The standard InChI is InChI=1S/C12H11F2N3O2S/c1-7-2-3-8(6-16-7)17-20(18,19)12-5-11(15)9(13)4-10(12)14/h2-6,17H,15H2,1H3. The summed E-state index contributed by atoms with van der Waals surface area (Å²) < 4.78 is 52.8. The molecule has 0 amide bonds. The molecule has 0 bridgehead atoms. The number of sulfonamides is 1. The lowest BCUT2D eigenvalue weighted by Gasteiger charge is -2.09. The Bertz CT molecular complexity index is 746. The topological polar surface area (TPSA) is 85.1 Å². The van der Waals surface area contributed by atoms with Crippen LogP contribution in [0.4, 0.5) is 20.2 Å². The molecule has 0 saturated carbocycles. The smallest absolute Gasteiger partial charge is 0.264 e. The number of halogens is 2. The molecule has 8 heteroatoms. The van der Waals surface area contributed by atoms with Gasteiger partial charge in [-0.25, -0.2) is 17.2 Å². The van der Waals surface area contributed by atoms with Gasteiger partial charge >= 0.3 is 0 Å². The van der Waals surface area contributed by atoms with Crippen molar-refractivity contribution < 1.29 is 17.2 Å². The van der Waals surface area contributed by atoms with Crippen molar-refractivity contribution in [2.75, 3.05) is 10.5 Å². The second-order valence-electron chi connectivity index (χ2n) is 4.10. The minimum Gasteiger partial charge on any atom is -0.396 e. The van der Waals surface area contributed by atoms with Crippen LogP contribution in [-0.2, 0) is 10.0 Å². The number of nitrogens with two attached hydrogens (primary N) is 1. The van der Waals surface area contributed by atoms with E-state index in [1.54, 1.807) is 13.0 Å². The molecule has 3 N–H and O–H groups in total. The van der Waals surface area contributed by atoms with Crippen LogP contribution in [0.2, 0.25) is 0 Å². The number of hydrogen-bond donors (Lipinski definition) is 2. The molecule has 5 nitrogen and oxygen atoms in total. The quantitative estimate of drug-likeness (QED) is 0.849. The highest BCUT2D eigenvalue weighted by molar-refractivity contribution is 7.92. The number of pyridine rings is 1. The second kappa shape index (κ2) is 5.04. The Hall–Kier alpha value is -2.22. The molecule has 2 aromatic rings. The van der Waals surface area contributed by atoms with Crippen LogP contribution in [0.1, 0.15) is 5.69 Å². The Kier molecular flexibility index (Phi) is 3.58. The third-order valence-electron chi connectivity index (χ3n) is 2.50. The molecule has 0 aliphatic carbocycles. The second-order valence-corrected chi connectivity index (χ2v) is 5.75. The average Bonchev–Trinajstić information content (AvgIpc) is 2.36. The van der Waals surface area contributed by atoms with Gasteiger partial charge in [0, 0.05) is 11.8 Å². The summed E-state index contributed by atoms with van der Waals surface area (Å²) >= 11 is 0. The summed E-state index contributed by atoms with van der Waals surface area (Å²) in [5.41, 5.74) is 5.67. The van der Waals surface area contributed by atoms with Crippen LogP contribution in [0.3, 0.4) is 0 Å². The first-order valence-electron chi connectivity index (χ1n) is 5.49. The summed E-state index contributed by atoms with van der Waals surface area (Å²) in [6, 6.07) is 4.23. The summed E-state index contributed by atoms with van der Waals surface area (Å²) in [7, 11) is -4.21. The normalized spacial score (nSPS) is 11.3. The first-order valence-corrected chi connectivity index (χ1v) is 6.98. The van der Waals surface area contributed by atoms with E-state index in [4.69, 9.17) is 5.73 Å². The van der Waals surface area contributed by atoms with E-state index in [0.717, 1.165) is 6.07 Å².